The fourth-order valence-electron chi connectivity index (χ4n) is 3.04. The topological polar surface area (TPSA) is 61.8 Å². The molecule has 1 aliphatic rings. The Kier molecular flexibility index (Phi) is 8.75. The molecular formula is C20H27FIN5O. The molecule has 3 rings (SSSR count). The van der Waals surface area contributed by atoms with Crippen LogP contribution in [-0.4, -0.2) is 50.3 Å². The van der Waals surface area contributed by atoms with Gasteiger partial charge in [-0.1, -0.05) is 17.7 Å². The normalized spacial score (nSPS) is 16.5. The summed E-state index contributed by atoms with van der Waals surface area (Å²) in [5, 5.41) is 6.63. The van der Waals surface area contributed by atoms with Crippen molar-refractivity contribution in [3.63, 3.8) is 0 Å². The zero-order valence-electron chi connectivity index (χ0n) is 16.2. The highest BCUT2D eigenvalue weighted by atomic mass is 127. The first-order chi connectivity index (χ1) is 13.2. The fraction of sp³-hybridized carbons (Fsp3) is 0.400. The summed E-state index contributed by atoms with van der Waals surface area (Å²) in [5.74, 6) is 1.70. The van der Waals surface area contributed by atoms with Gasteiger partial charge in [0.25, 0.3) is 0 Å². The number of nitrogens with one attached hydrogen (secondary N) is 2. The van der Waals surface area contributed by atoms with Gasteiger partial charge in [0.2, 0.25) is 0 Å². The Morgan fingerprint density at radius 1 is 1.32 bits per heavy atom. The number of pyridine rings is 1. The van der Waals surface area contributed by atoms with Gasteiger partial charge in [0, 0.05) is 32.4 Å². The van der Waals surface area contributed by atoms with E-state index in [4.69, 9.17) is 4.74 Å². The second-order valence-electron chi connectivity index (χ2n) is 6.55. The highest BCUT2D eigenvalue weighted by molar-refractivity contribution is 14.0. The van der Waals surface area contributed by atoms with E-state index in [-0.39, 0.29) is 35.8 Å². The molecule has 1 atom stereocenters. The molecule has 1 unspecified atom stereocenters. The van der Waals surface area contributed by atoms with Crippen molar-refractivity contribution in [2.75, 3.05) is 38.2 Å². The number of aryl methyl sites for hydroxylation is 1. The molecule has 28 heavy (non-hydrogen) atoms. The first-order valence-electron chi connectivity index (χ1n) is 9.18. The summed E-state index contributed by atoms with van der Waals surface area (Å²) in [6.07, 6.45) is 2.52. The monoisotopic (exact) mass is 499 g/mol. The van der Waals surface area contributed by atoms with Crippen molar-refractivity contribution in [1.29, 1.82) is 0 Å². The number of halogens is 2. The van der Waals surface area contributed by atoms with Crippen molar-refractivity contribution in [2.45, 2.75) is 19.4 Å². The lowest BCUT2D eigenvalue weighted by Gasteiger charge is -2.20. The first-order valence-corrected chi connectivity index (χ1v) is 9.18. The summed E-state index contributed by atoms with van der Waals surface area (Å²) < 4.78 is 19.6. The molecule has 0 saturated carbocycles. The van der Waals surface area contributed by atoms with Crippen LogP contribution in [0.1, 0.15) is 12.0 Å². The molecule has 2 heterocycles. The Labute approximate surface area is 182 Å². The van der Waals surface area contributed by atoms with E-state index < -0.39 is 0 Å². The summed E-state index contributed by atoms with van der Waals surface area (Å²) in [7, 11) is 1.74. The van der Waals surface area contributed by atoms with Crippen molar-refractivity contribution in [2.24, 2.45) is 4.99 Å². The molecule has 0 amide bonds. The van der Waals surface area contributed by atoms with Gasteiger partial charge in [0.15, 0.2) is 17.6 Å². The Hall–Kier alpha value is -2.10. The van der Waals surface area contributed by atoms with Crippen molar-refractivity contribution in [3.8, 4) is 5.75 Å². The van der Waals surface area contributed by atoms with Crippen LogP contribution in [0.3, 0.4) is 0 Å². The first kappa shape index (κ1) is 22.2. The van der Waals surface area contributed by atoms with Crippen LogP contribution in [0.25, 0.3) is 0 Å². The molecule has 0 bridgehead atoms. The summed E-state index contributed by atoms with van der Waals surface area (Å²) in [5.41, 5.74) is 1.21. The van der Waals surface area contributed by atoms with Gasteiger partial charge in [-0.05, 0) is 37.6 Å². The molecule has 8 heteroatoms. The van der Waals surface area contributed by atoms with E-state index in [2.05, 4.69) is 20.6 Å². The van der Waals surface area contributed by atoms with Gasteiger partial charge >= 0.3 is 0 Å². The summed E-state index contributed by atoms with van der Waals surface area (Å²) in [4.78, 5) is 10.4. The maximum absolute atomic E-state index is 13.9. The van der Waals surface area contributed by atoms with Crippen molar-refractivity contribution >= 4 is 35.8 Å². The Balaban J connectivity index is 0.00000280. The van der Waals surface area contributed by atoms with Gasteiger partial charge in [0.1, 0.15) is 12.4 Å². The van der Waals surface area contributed by atoms with Crippen LogP contribution < -0.4 is 20.3 Å². The van der Waals surface area contributed by atoms with Crippen LogP contribution in [0.4, 0.5) is 10.2 Å². The number of hydrogen-bond donors (Lipinski definition) is 2. The predicted molar refractivity (Wildman–Crippen MR) is 121 cm³/mol. The standard InChI is InChI=1S/C20H26FN5O.HI/c1-15-5-7-17(8-6-15)27-13-11-24-20(22-2)25-16-9-12-26(14-16)19-18(21)4-3-10-23-19;/h3-8,10,16H,9,11-14H2,1-2H3,(H2,22,24,25);1H. The van der Waals surface area contributed by atoms with E-state index in [1.54, 1.807) is 19.3 Å². The lowest BCUT2D eigenvalue weighted by atomic mass is 10.2. The van der Waals surface area contributed by atoms with E-state index >= 15 is 0 Å². The second kappa shape index (κ2) is 11.0. The Bertz CT molecular complexity index is 771. The lowest BCUT2D eigenvalue weighted by Crippen LogP contribution is -2.45. The molecule has 0 aliphatic carbocycles. The molecule has 152 valence electrons. The third-order valence-electron chi connectivity index (χ3n) is 4.48. The molecule has 2 N–H and O–H groups in total. The molecule has 2 aromatic rings. The number of hydrogen-bond acceptors (Lipinski definition) is 4. The minimum Gasteiger partial charge on any atom is -0.492 e. The number of rotatable bonds is 6. The van der Waals surface area contributed by atoms with E-state index in [1.807, 2.05) is 36.1 Å². The number of aliphatic imine (C=N–C) groups is 1. The van der Waals surface area contributed by atoms with Gasteiger partial charge in [-0.2, -0.15) is 0 Å². The third-order valence-corrected chi connectivity index (χ3v) is 4.48. The van der Waals surface area contributed by atoms with Crippen molar-refractivity contribution in [1.82, 2.24) is 15.6 Å². The Morgan fingerprint density at radius 3 is 2.82 bits per heavy atom. The number of anilines is 1. The number of ether oxygens (including phenoxy) is 1. The average Bonchev–Trinajstić information content (AvgIpc) is 3.14. The zero-order chi connectivity index (χ0) is 19.1. The minimum absolute atomic E-state index is 0. The molecular weight excluding hydrogens is 472 g/mol. The molecule has 0 radical (unpaired) electrons. The highest BCUT2D eigenvalue weighted by Gasteiger charge is 2.25. The molecule has 1 aliphatic heterocycles. The van der Waals surface area contributed by atoms with Gasteiger partial charge in [-0.15, -0.1) is 24.0 Å². The maximum atomic E-state index is 13.9. The summed E-state index contributed by atoms with van der Waals surface area (Å²) >= 11 is 0. The zero-order valence-corrected chi connectivity index (χ0v) is 18.5. The van der Waals surface area contributed by atoms with Crippen LogP contribution in [0, 0.1) is 12.7 Å². The molecule has 1 aromatic heterocycles. The van der Waals surface area contributed by atoms with E-state index in [9.17, 15) is 4.39 Å². The fourth-order valence-corrected chi connectivity index (χ4v) is 3.04. The van der Waals surface area contributed by atoms with Gasteiger partial charge in [0.05, 0.1) is 6.54 Å². The molecule has 0 spiro atoms. The van der Waals surface area contributed by atoms with Crippen LogP contribution in [0.5, 0.6) is 5.75 Å². The number of nitrogens with zero attached hydrogens (tertiary/aromatic N) is 3. The lowest BCUT2D eigenvalue weighted by molar-refractivity contribution is 0.321. The largest absolute Gasteiger partial charge is 0.492 e. The number of aromatic nitrogens is 1. The molecule has 1 saturated heterocycles. The van der Waals surface area contributed by atoms with E-state index in [0.717, 1.165) is 24.7 Å². The number of benzene rings is 1. The van der Waals surface area contributed by atoms with Gasteiger partial charge in [-0.3, -0.25) is 4.99 Å². The average molecular weight is 499 g/mol. The summed E-state index contributed by atoms with van der Waals surface area (Å²) in [6, 6.07) is 11.2. The highest BCUT2D eigenvalue weighted by Crippen LogP contribution is 2.20. The van der Waals surface area contributed by atoms with E-state index in [1.165, 1.54) is 11.6 Å². The van der Waals surface area contributed by atoms with Crippen LogP contribution in [-0.2, 0) is 0 Å². The second-order valence-corrected chi connectivity index (χ2v) is 6.55. The maximum Gasteiger partial charge on any atom is 0.191 e. The quantitative estimate of drug-likeness (QED) is 0.277. The van der Waals surface area contributed by atoms with Crippen molar-refractivity contribution < 1.29 is 9.13 Å². The molecule has 6 nitrogen and oxygen atoms in total. The van der Waals surface area contributed by atoms with Crippen LogP contribution in [0.15, 0.2) is 47.6 Å². The predicted octanol–water partition coefficient (Wildman–Crippen LogP) is 2.97. The number of guanidine groups is 1. The Morgan fingerprint density at radius 2 is 2.11 bits per heavy atom. The third kappa shape index (κ3) is 6.22. The SMILES string of the molecule is CN=C(NCCOc1ccc(C)cc1)NC1CCN(c2ncccc2F)C1.I. The minimum atomic E-state index is -0.283. The van der Waals surface area contributed by atoms with Gasteiger partial charge < -0.3 is 20.3 Å². The summed E-state index contributed by atoms with van der Waals surface area (Å²) in [6.45, 7) is 4.68. The smallest absolute Gasteiger partial charge is 0.191 e. The van der Waals surface area contributed by atoms with E-state index in [0.29, 0.717) is 25.5 Å². The molecule has 1 aromatic carbocycles. The van der Waals surface area contributed by atoms with Crippen molar-refractivity contribution in [3.05, 3.63) is 54.0 Å². The van der Waals surface area contributed by atoms with Crippen LogP contribution in [0.2, 0.25) is 0 Å². The van der Waals surface area contributed by atoms with Gasteiger partial charge in [-0.25, -0.2) is 9.37 Å². The molecule has 1 fully saturated rings. The van der Waals surface area contributed by atoms with Crippen LogP contribution >= 0.6 is 24.0 Å².